The van der Waals surface area contributed by atoms with Crippen LogP contribution >= 0.6 is 0 Å². The van der Waals surface area contributed by atoms with Crippen LogP contribution in [0.5, 0.6) is 11.5 Å². The average molecular weight is 455 g/mol. The van der Waals surface area contributed by atoms with Crippen molar-refractivity contribution in [3.63, 3.8) is 0 Å². The number of hydrogen-bond acceptors (Lipinski definition) is 2. The Bertz CT molecular complexity index is 1050. The summed E-state index contributed by atoms with van der Waals surface area (Å²) in [5, 5.41) is 0. The molecule has 4 rings (SSSR count). The highest BCUT2D eigenvalue weighted by atomic mass is 19.2. The average Bonchev–Trinajstić information content (AvgIpc) is 2.85. The van der Waals surface area contributed by atoms with E-state index in [4.69, 9.17) is 9.47 Å². The SMILES string of the molecule is COc1ccc(C2=CC=C(/C=C/C3CCC(c4ccc(OC)cc4F)CC3)C(F)C2F)cc1. The quantitative estimate of drug-likeness (QED) is 0.454. The Balaban J connectivity index is 1.39. The fourth-order valence-corrected chi connectivity index (χ4v) is 4.72. The summed E-state index contributed by atoms with van der Waals surface area (Å²) in [7, 11) is 3.09. The molecule has 2 atom stereocenters. The third kappa shape index (κ3) is 5.18. The monoisotopic (exact) mass is 454 g/mol. The molecule has 1 saturated carbocycles. The fraction of sp³-hybridized carbons (Fsp3) is 0.357. The number of allylic oxidation sites excluding steroid dienone is 6. The summed E-state index contributed by atoms with van der Waals surface area (Å²) in [6.45, 7) is 0. The summed E-state index contributed by atoms with van der Waals surface area (Å²) in [4.78, 5) is 0. The summed E-state index contributed by atoms with van der Waals surface area (Å²) < 4.78 is 54.3. The van der Waals surface area contributed by atoms with E-state index in [1.54, 1.807) is 55.7 Å². The van der Waals surface area contributed by atoms with Gasteiger partial charge in [0.25, 0.3) is 0 Å². The summed E-state index contributed by atoms with van der Waals surface area (Å²) in [6.07, 6.45) is 7.12. The van der Waals surface area contributed by atoms with E-state index in [1.807, 2.05) is 12.1 Å². The largest absolute Gasteiger partial charge is 0.497 e. The van der Waals surface area contributed by atoms with Crippen LogP contribution in [0.1, 0.15) is 42.7 Å². The molecule has 0 N–H and O–H groups in total. The number of hydrogen-bond donors (Lipinski definition) is 0. The van der Waals surface area contributed by atoms with Gasteiger partial charge in [0.2, 0.25) is 0 Å². The Morgan fingerprint density at radius 3 is 2.12 bits per heavy atom. The molecule has 0 aliphatic heterocycles. The van der Waals surface area contributed by atoms with Crippen LogP contribution in [0.15, 0.2) is 72.3 Å². The Hall–Kier alpha value is -2.95. The minimum absolute atomic E-state index is 0.175. The Kier molecular flexibility index (Phi) is 7.26. The van der Waals surface area contributed by atoms with Crippen molar-refractivity contribution in [2.24, 2.45) is 5.92 Å². The maximum Gasteiger partial charge on any atom is 0.161 e. The van der Waals surface area contributed by atoms with Crippen molar-refractivity contribution >= 4 is 5.57 Å². The molecule has 2 aliphatic carbocycles. The molecule has 1 fully saturated rings. The Morgan fingerprint density at radius 1 is 0.818 bits per heavy atom. The van der Waals surface area contributed by atoms with E-state index >= 15 is 0 Å². The second-order valence-corrected chi connectivity index (χ2v) is 8.68. The first-order chi connectivity index (χ1) is 16.0. The second-order valence-electron chi connectivity index (χ2n) is 8.68. The summed E-state index contributed by atoms with van der Waals surface area (Å²) in [5.41, 5.74) is 2.07. The molecule has 0 amide bonds. The van der Waals surface area contributed by atoms with Gasteiger partial charge >= 0.3 is 0 Å². The molecule has 5 heteroatoms. The first kappa shape index (κ1) is 23.2. The molecule has 0 heterocycles. The van der Waals surface area contributed by atoms with Crippen LogP contribution in [0.2, 0.25) is 0 Å². The molecule has 0 bridgehead atoms. The predicted octanol–water partition coefficient (Wildman–Crippen LogP) is 7.37. The number of alkyl halides is 2. The second kappa shape index (κ2) is 10.3. The van der Waals surface area contributed by atoms with Crippen LogP contribution in [-0.2, 0) is 0 Å². The van der Waals surface area contributed by atoms with Gasteiger partial charge in [-0.3, -0.25) is 0 Å². The van der Waals surface area contributed by atoms with E-state index in [1.165, 1.54) is 13.2 Å². The van der Waals surface area contributed by atoms with Crippen molar-refractivity contribution < 1.29 is 22.6 Å². The molecule has 174 valence electrons. The summed E-state index contributed by atoms with van der Waals surface area (Å²) >= 11 is 0. The van der Waals surface area contributed by atoms with E-state index in [0.29, 0.717) is 28.2 Å². The number of methoxy groups -OCH3 is 2. The lowest BCUT2D eigenvalue weighted by molar-refractivity contribution is 0.245. The van der Waals surface area contributed by atoms with E-state index in [-0.39, 0.29) is 17.7 Å². The molecule has 33 heavy (non-hydrogen) atoms. The molecule has 2 nitrogen and oxygen atoms in total. The van der Waals surface area contributed by atoms with Crippen molar-refractivity contribution in [3.05, 3.63) is 89.3 Å². The van der Waals surface area contributed by atoms with Gasteiger partial charge in [0.1, 0.15) is 17.3 Å². The number of benzene rings is 2. The van der Waals surface area contributed by atoms with Crippen LogP contribution < -0.4 is 9.47 Å². The lowest BCUT2D eigenvalue weighted by atomic mass is 9.78. The zero-order valence-corrected chi connectivity index (χ0v) is 18.9. The summed E-state index contributed by atoms with van der Waals surface area (Å²) in [5.74, 6) is 1.42. The normalized spacial score (nSPS) is 25.5. The first-order valence-corrected chi connectivity index (χ1v) is 11.4. The molecule has 0 radical (unpaired) electrons. The topological polar surface area (TPSA) is 18.5 Å². The van der Waals surface area contributed by atoms with E-state index in [9.17, 15) is 13.2 Å². The highest BCUT2D eigenvalue weighted by molar-refractivity contribution is 5.74. The van der Waals surface area contributed by atoms with Crippen molar-refractivity contribution in [2.45, 2.75) is 43.9 Å². The zero-order valence-electron chi connectivity index (χ0n) is 18.9. The fourth-order valence-electron chi connectivity index (χ4n) is 4.72. The number of halogens is 3. The zero-order chi connectivity index (χ0) is 23.4. The van der Waals surface area contributed by atoms with E-state index < -0.39 is 12.3 Å². The molecule has 0 aromatic heterocycles. The lowest BCUT2D eigenvalue weighted by Crippen LogP contribution is -2.23. The molecule has 2 unspecified atom stereocenters. The molecular weight excluding hydrogens is 425 g/mol. The molecule has 2 aliphatic rings. The third-order valence-corrected chi connectivity index (χ3v) is 6.73. The van der Waals surface area contributed by atoms with Crippen molar-refractivity contribution in [1.29, 1.82) is 0 Å². The summed E-state index contributed by atoms with van der Waals surface area (Å²) in [6, 6.07) is 12.0. The van der Waals surface area contributed by atoms with Crippen LogP contribution in [-0.4, -0.2) is 26.6 Å². The molecular formula is C28H29F3O2. The molecule has 2 aromatic carbocycles. The van der Waals surface area contributed by atoms with E-state index in [0.717, 1.165) is 31.2 Å². The van der Waals surface area contributed by atoms with Crippen LogP contribution in [0, 0.1) is 11.7 Å². The first-order valence-electron chi connectivity index (χ1n) is 11.4. The van der Waals surface area contributed by atoms with Gasteiger partial charge in [0, 0.05) is 6.07 Å². The molecule has 0 spiro atoms. The minimum atomic E-state index is -1.71. The van der Waals surface area contributed by atoms with Gasteiger partial charge in [0.05, 0.1) is 14.2 Å². The van der Waals surface area contributed by atoms with Gasteiger partial charge in [0.15, 0.2) is 12.3 Å². The maximum absolute atomic E-state index is 14.9. The highest BCUT2D eigenvalue weighted by Gasteiger charge is 2.30. The molecule has 0 saturated heterocycles. The van der Waals surface area contributed by atoms with Crippen LogP contribution in [0.25, 0.3) is 5.57 Å². The van der Waals surface area contributed by atoms with Gasteiger partial charge < -0.3 is 9.47 Å². The highest BCUT2D eigenvalue weighted by Crippen LogP contribution is 2.39. The smallest absolute Gasteiger partial charge is 0.161 e. The number of rotatable bonds is 6. The third-order valence-electron chi connectivity index (χ3n) is 6.73. The van der Waals surface area contributed by atoms with Crippen molar-refractivity contribution in [3.8, 4) is 11.5 Å². The maximum atomic E-state index is 14.9. The minimum Gasteiger partial charge on any atom is -0.497 e. The lowest BCUT2D eigenvalue weighted by Gasteiger charge is -2.28. The van der Waals surface area contributed by atoms with Crippen LogP contribution in [0.4, 0.5) is 13.2 Å². The van der Waals surface area contributed by atoms with E-state index in [2.05, 4.69) is 0 Å². The molecule has 2 aromatic rings. The standard InChI is InChI=1S/C28H29F3O2/c1-32-22-12-9-20(10-13-22)25-15-11-21(27(30)28(25)31)8-5-18-3-6-19(7-4-18)24-16-14-23(33-2)17-26(24)29/h5,8-19,27-28H,3-4,6-7H2,1-2H3/b8-5+. The van der Waals surface area contributed by atoms with Gasteiger partial charge in [-0.1, -0.05) is 42.5 Å². The van der Waals surface area contributed by atoms with Gasteiger partial charge in [-0.05, 0) is 78.0 Å². The van der Waals surface area contributed by atoms with Crippen LogP contribution in [0.3, 0.4) is 0 Å². The predicted molar refractivity (Wildman–Crippen MR) is 126 cm³/mol. The van der Waals surface area contributed by atoms with Crippen molar-refractivity contribution in [1.82, 2.24) is 0 Å². The Labute approximate surface area is 193 Å². The van der Waals surface area contributed by atoms with Gasteiger partial charge in [-0.25, -0.2) is 13.2 Å². The van der Waals surface area contributed by atoms with Crippen molar-refractivity contribution in [2.75, 3.05) is 14.2 Å². The van der Waals surface area contributed by atoms with Gasteiger partial charge in [-0.2, -0.15) is 0 Å². The number of ether oxygens (including phenoxy) is 2. The Morgan fingerprint density at radius 2 is 1.48 bits per heavy atom. The van der Waals surface area contributed by atoms with Gasteiger partial charge in [-0.15, -0.1) is 0 Å².